The van der Waals surface area contributed by atoms with Crippen LogP contribution in [0.2, 0.25) is 0 Å². The van der Waals surface area contributed by atoms with Crippen LogP contribution in [0.1, 0.15) is 38.8 Å². The molecule has 0 fully saturated rings. The van der Waals surface area contributed by atoms with Crippen LogP contribution in [0.4, 0.5) is 11.4 Å². The molecular formula is C32H41N4O6PS. The summed E-state index contributed by atoms with van der Waals surface area (Å²) in [6.07, 6.45) is 1.21. The minimum atomic E-state index is -3.59. The molecule has 0 radical (unpaired) electrons. The molecule has 1 aromatic heterocycles. The number of aromatic hydroxyl groups is 1. The van der Waals surface area contributed by atoms with E-state index in [2.05, 4.69) is 9.88 Å². The number of likely N-dealkylation sites (N-methyl/N-ethyl adjacent to an activating group) is 1. The molecule has 0 saturated heterocycles. The second kappa shape index (κ2) is 14.5. The van der Waals surface area contributed by atoms with Gasteiger partial charge in [0.15, 0.2) is 5.88 Å². The SMILES string of the molecule is CCOP(=O)(OCC)c1ccc2[nH]c(O)c(C(=Nc3ccc(N(CCN(CC)CC)S(C)(=O)=O)cc3)c3ccccc3)c2c1. The highest BCUT2D eigenvalue weighted by molar-refractivity contribution is 7.92. The molecule has 0 aliphatic rings. The molecule has 0 aliphatic heterocycles. The van der Waals surface area contributed by atoms with Crippen molar-refractivity contribution in [1.82, 2.24) is 9.88 Å². The Morgan fingerprint density at radius 3 is 2.11 bits per heavy atom. The normalized spacial score (nSPS) is 12.7. The highest BCUT2D eigenvalue weighted by Gasteiger charge is 2.29. The Kier molecular flexibility index (Phi) is 11.0. The fourth-order valence-corrected chi connectivity index (χ4v) is 7.56. The second-order valence-electron chi connectivity index (χ2n) is 10.1. The number of anilines is 1. The average molecular weight is 641 g/mol. The van der Waals surface area contributed by atoms with Gasteiger partial charge < -0.3 is 24.0 Å². The summed E-state index contributed by atoms with van der Waals surface area (Å²) in [6, 6.07) is 21.5. The van der Waals surface area contributed by atoms with Crippen LogP contribution in [0.5, 0.6) is 5.88 Å². The number of H-pyrrole nitrogens is 1. The highest BCUT2D eigenvalue weighted by Crippen LogP contribution is 2.47. The van der Waals surface area contributed by atoms with Gasteiger partial charge in [0, 0.05) is 29.6 Å². The third kappa shape index (κ3) is 7.60. The van der Waals surface area contributed by atoms with Crippen molar-refractivity contribution in [2.24, 2.45) is 4.99 Å². The maximum Gasteiger partial charge on any atom is 0.361 e. The van der Waals surface area contributed by atoms with E-state index >= 15 is 0 Å². The van der Waals surface area contributed by atoms with Crippen molar-refractivity contribution in [3.63, 3.8) is 0 Å². The van der Waals surface area contributed by atoms with E-state index in [0.717, 1.165) is 18.7 Å². The molecule has 12 heteroatoms. The summed E-state index contributed by atoms with van der Waals surface area (Å²) in [5.74, 6) is -0.0984. The van der Waals surface area contributed by atoms with Crippen molar-refractivity contribution >= 4 is 50.9 Å². The van der Waals surface area contributed by atoms with Crippen LogP contribution >= 0.6 is 7.60 Å². The van der Waals surface area contributed by atoms with Crippen LogP contribution in [0.15, 0.2) is 77.8 Å². The Balaban J connectivity index is 1.81. The van der Waals surface area contributed by atoms with E-state index in [9.17, 15) is 18.1 Å². The summed E-state index contributed by atoms with van der Waals surface area (Å²) < 4.78 is 51.5. The van der Waals surface area contributed by atoms with E-state index in [1.165, 1.54) is 10.6 Å². The number of rotatable bonds is 15. The Hall–Kier alpha value is -3.47. The number of nitrogens with zero attached hydrogens (tertiary/aromatic N) is 3. The molecule has 0 spiro atoms. The second-order valence-corrected chi connectivity index (χ2v) is 14.1. The first-order chi connectivity index (χ1) is 21.0. The van der Waals surface area contributed by atoms with Gasteiger partial charge in [-0.1, -0.05) is 44.2 Å². The number of hydrogen-bond acceptors (Lipinski definition) is 8. The lowest BCUT2D eigenvalue weighted by Gasteiger charge is -2.26. The summed E-state index contributed by atoms with van der Waals surface area (Å²) in [6.45, 7) is 10.6. The van der Waals surface area contributed by atoms with Crippen LogP contribution in [0, 0.1) is 0 Å². The van der Waals surface area contributed by atoms with Crippen molar-refractivity contribution in [2.45, 2.75) is 27.7 Å². The number of aliphatic imine (C=N–C) groups is 1. The molecular weight excluding hydrogens is 599 g/mol. The summed E-state index contributed by atoms with van der Waals surface area (Å²) in [5.41, 5.74) is 3.37. The third-order valence-corrected chi connectivity index (χ3v) is 10.6. The number of aromatic amines is 1. The van der Waals surface area contributed by atoms with Gasteiger partial charge in [-0.05, 0) is 69.4 Å². The lowest BCUT2D eigenvalue weighted by molar-refractivity contribution is 0.230. The van der Waals surface area contributed by atoms with Gasteiger partial charge in [-0.25, -0.2) is 13.4 Å². The minimum Gasteiger partial charge on any atom is -0.494 e. The summed E-state index contributed by atoms with van der Waals surface area (Å²) in [7, 11) is -7.10. The van der Waals surface area contributed by atoms with E-state index in [-0.39, 0.29) is 19.1 Å². The summed E-state index contributed by atoms with van der Waals surface area (Å²) in [4.78, 5) is 10.1. The molecule has 0 bridgehead atoms. The monoisotopic (exact) mass is 640 g/mol. The van der Waals surface area contributed by atoms with Crippen molar-refractivity contribution in [1.29, 1.82) is 0 Å². The van der Waals surface area contributed by atoms with Gasteiger partial charge >= 0.3 is 7.60 Å². The van der Waals surface area contributed by atoms with Crippen LogP contribution in [-0.2, 0) is 23.6 Å². The van der Waals surface area contributed by atoms with Gasteiger partial charge in [-0.3, -0.25) is 8.87 Å². The first-order valence-corrected chi connectivity index (χ1v) is 18.1. The van der Waals surface area contributed by atoms with E-state index in [0.29, 0.717) is 51.9 Å². The zero-order valence-corrected chi connectivity index (χ0v) is 27.6. The quantitative estimate of drug-likeness (QED) is 0.120. The molecule has 2 N–H and O–H groups in total. The molecule has 0 amide bonds. The summed E-state index contributed by atoms with van der Waals surface area (Å²) >= 11 is 0. The smallest absolute Gasteiger partial charge is 0.361 e. The number of nitrogens with one attached hydrogen (secondary N) is 1. The predicted octanol–water partition coefficient (Wildman–Crippen LogP) is 6.04. The fourth-order valence-electron chi connectivity index (χ4n) is 5.04. The molecule has 4 aromatic rings. The Morgan fingerprint density at radius 1 is 0.909 bits per heavy atom. The number of benzene rings is 3. The van der Waals surface area contributed by atoms with Gasteiger partial charge in [-0.2, -0.15) is 0 Å². The molecule has 236 valence electrons. The standard InChI is InChI=1S/C32H41N4O6PS/c1-6-35(7-2)21-22-36(44(5,39)40)26-17-15-25(16-18-26)33-31(24-13-11-10-12-14-24)30-28-23-27(19-20-29(28)34-32(30)37)43(38,41-8-3)42-9-4/h10-20,23,34,37H,6-9,21-22H2,1-5H3. The predicted molar refractivity (Wildman–Crippen MR) is 179 cm³/mol. The number of aromatic nitrogens is 1. The Morgan fingerprint density at radius 2 is 1.55 bits per heavy atom. The van der Waals surface area contributed by atoms with E-state index < -0.39 is 17.6 Å². The maximum absolute atomic E-state index is 13.6. The number of sulfonamides is 1. The van der Waals surface area contributed by atoms with Gasteiger partial charge in [0.05, 0.1) is 47.4 Å². The third-order valence-electron chi connectivity index (χ3n) is 7.25. The van der Waals surface area contributed by atoms with Crippen LogP contribution in [-0.4, -0.2) is 74.8 Å². The topological polar surface area (TPSA) is 125 Å². The largest absolute Gasteiger partial charge is 0.494 e. The van der Waals surface area contributed by atoms with Gasteiger partial charge in [0.25, 0.3) is 0 Å². The lowest BCUT2D eigenvalue weighted by atomic mass is 10.0. The molecule has 3 aromatic carbocycles. The highest BCUT2D eigenvalue weighted by atomic mass is 32.2. The van der Waals surface area contributed by atoms with Crippen molar-refractivity contribution < 1.29 is 27.1 Å². The molecule has 44 heavy (non-hydrogen) atoms. The molecule has 0 aliphatic carbocycles. The Bertz CT molecular complexity index is 1730. The van der Waals surface area contributed by atoms with Gasteiger partial charge in [0.2, 0.25) is 10.0 Å². The number of hydrogen-bond donors (Lipinski definition) is 2. The van der Waals surface area contributed by atoms with Crippen LogP contribution in [0.25, 0.3) is 10.9 Å². The zero-order chi connectivity index (χ0) is 31.9. The molecule has 0 saturated carbocycles. The maximum atomic E-state index is 13.6. The minimum absolute atomic E-state index is 0.0984. The molecule has 10 nitrogen and oxygen atoms in total. The van der Waals surface area contributed by atoms with Crippen LogP contribution in [0.3, 0.4) is 0 Å². The number of fused-ring (bicyclic) bond motifs is 1. The average Bonchev–Trinajstić information content (AvgIpc) is 3.33. The van der Waals surface area contributed by atoms with E-state index in [4.69, 9.17) is 14.0 Å². The lowest BCUT2D eigenvalue weighted by Crippen LogP contribution is -2.38. The van der Waals surface area contributed by atoms with Crippen molar-refractivity contribution in [3.05, 3.63) is 83.9 Å². The first kappa shape index (κ1) is 33.4. The summed E-state index contributed by atoms with van der Waals surface area (Å²) in [5, 5.41) is 12.1. The molecule has 1 heterocycles. The van der Waals surface area contributed by atoms with Crippen molar-refractivity contribution in [3.8, 4) is 5.88 Å². The fraction of sp³-hybridized carbons (Fsp3) is 0.344. The van der Waals surface area contributed by atoms with Gasteiger partial charge in [0.1, 0.15) is 0 Å². The van der Waals surface area contributed by atoms with Crippen molar-refractivity contribution in [2.75, 3.05) is 50.0 Å². The molecule has 0 unspecified atom stereocenters. The van der Waals surface area contributed by atoms with Gasteiger partial charge in [-0.15, -0.1) is 0 Å². The molecule has 4 rings (SSSR count). The van der Waals surface area contributed by atoms with E-state index in [1.54, 1.807) is 56.3 Å². The Labute approximate surface area is 259 Å². The van der Waals surface area contributed by atoms with Crippen LogP contribution < -0.4 is 9.61 Å². The zero-order valence-electron chi connectivity index (χ0n) is 25.9. The van der Waals surface area contributed by atoms with E-state index in [1.807, 2.05) is 44.2 Å². The molecule has 0 atom stereocenters. The first-order valence-electron chi connectivity index (χ1n) is 14.7.